The van der Waals surface area contributed by atoms with Gasteiger partial charge in [0.2, 0.25) is 0 Å². The average molecular weight is 177 g/mol. The zero-order valence-corrected chi connectivity index (χ0v) is 7.94. The van der Waals surface area contributed by atoms with E-state index in [4.69, 9.17) is 4.74 Å². The Bertz CT molecular complexity index is 254. The van der Waals surface area contributed by atoms with Gasteiger partial charge in [-0.3, -0.25) is 4.98 Å². The fraction of sp³-hybridized carbons (Fsp3) is 0.545. The molecule has 1 fully saturated rings. The van der Waals surface area contributed by atoms with Crippen molar-refractivity contribution < 1.29 is 4.74 Å². The monoisotopic (exact) mass is 177 g/mol. The summed E-state index contributed by atoms with van der Waals surface area (Å²) < 4.78 is 5.71. The molecule has 0 unspecified atom stereocenters. The van der Waals surface area contributed by atoms with Gasteiger partial charge >= 0.3 is 0 Å². The van der Waals surface area contributed by atoms with Crippen molar-refractivity contribution >= 4 is 0 Å². The molecule has 2 nitrogen and oxygen atoms in total. The van der Waals surface area contributed by atoms with Crippen molar-refractivity contribution in [3.8, 4) is 0 Å². The second-order valence-electron chi connectivity index (χ2n) is 3.87. The van der Waals surface area contributed by atoms with Gasteiger partial charge in [-0.25, -0.2) is 0 Å². The first kappa shape index (κ1) is 8.70. The predicted molar refractivity (Wildman–Crippen MR) is 51.2 cm³/mol. The first-order valence-electron chi connectivity index (χ1n) is 4.85. The highest BCUT2D eigenvalue weighted by atomic mass is 16.5. The van der Waals surface area contributed by atoms with Crippen LogP contribution in [0.15, 0.2) is 24.5 Å². The molecule has 70 valence electrons. The van der Waals surface area contributed by atoms with Crippen molar-refractivity contribution in [2.24, 2.45) is 5.92 Å². The topological polar surface area (TPSA) is 22.1 Å². The molecule has 1 heterocycles. The van der Waals surface area contributed by atoms with Crippen molar-refractivity contribution in [2.75, 3.05) is 0 Å². The molecular formula is C11H15NO. The average Bonchev–Trinajstić information content (AvgIpc) is 2.12. The third kappa shape index (κ3) is 2.28. The number of pyridine rings is 1. The molecule has 1 aromatic rings. The minimum absolute atomic E-state index is 0.503. The molecule has 1 saturated carbocycles. The van der Waals surface area contributed by atoms with Crippen LogP contribution in [0.2, 0.25) is 0 Å². The summed E-state index contributed by atoms with van der Waals surface area (Å²) in [6.45, 7) is 3.01. The lowest BCUT2D eigenvalue weighted by atomic mass is 9.84. The molecule has 0 atom stereocenters. The highest BCUT2D eigenvalue weighted by Crippen LogP contribution is 2.29. The lowest BCUT2D eigenvalue weighted by molar-refractivity contribution is -0.0352. The van der Waals surface area contributed by atoms with Crippen LogP contribution in [0.25, 0.3) is 0 Å². The molecule has 2 heteroatoms. The van der Waals surface area contributed by atoms with E-state index in [9.17, 15) is 0 Å². The molecule has 0 amide bonds. The molecule has 1 aromatic heterocycles. The Labute approximate surface area is 78.9 Å². The summed E-state index contributed by atoms with van der Waals surface area (Å²) in [4.78, 5) is 3.96. The summed E-state index contributed by atoms with van der Waals surface area (Å²) in [7, 11) is 0. The van der Waals surface area contributed by atoms with Gasteiger partial charge in [-0.2, -0.15) is 0 Å². The summed E-state index contributed by atoms with van der Waals surface area (Å²) in [5.74, 6) is 0.863. The Morgan fingerprint density at radius 2 is 2.08 bits per heavy atom. The Kier molecular flexibility index (Phi) is 2.60. The van der Waals surface area contributed by atoms with Gasteiger partial charge in [0.1, 0.15) is 0 Å². The number of aromatic nitrogens is 1. The first-order valence-corrected chi connectivity index (χ1v) is 4.85. The highest BCUT2D eigenvalue weighted by Gasteiger charge is 2.25. The molecule has 13 heavy (non-hydrogen) atoms. The van der Waals surface area contributed by atoms with E-state index < -0.39 is 0 Å². The SMILES string of the molecule is C[C@H]1C[C@H](OCc2ccncc2)C1. The second kappa shape index (κ2) is 3.88. The van der Waals surface area contributed by atoms with Crippen LogP contribution in [-0.4, -0.2) is 11.1 Å². The van der Waals surface area contributed by atoms with E-state index in [1.807, 2.05) is 24.5 Å². The zero-order valence-electron chi connectivity index (χ0n) is 7.94. The maximum Gasteiger partial charge on any atom is 0.0721 e. The Hall–Kier alpha value is -0.890. The summed E-state index contributed by atoms with van der Waals surface area (Å²) >= 11 is 0. The third-order valence-corrected chi connectivity index (χ3v) is 2.57. The van der Waals surface area contributed by atoms with Crippen LogP contribution < -0.4 is 0 Å². The number of rotatable bonds is 3. The van der Waals surface area contributed by atoms with Crippen LogP contribution in [0.3, 0.4) is 0 Å². The van der Waals surface area contributed by atoms with Crippen LogP contribution in [0.5, 0.6) is 0 Å². The van der Waals surface area contributed by atoms with Crippen molar-refractivity contribution in [3.05, 3.63) is 30.1 Å². The van der Waals surface area contributed by atoms with Gasteiger partial charge in [-0.15, -0.1) is 0 Å². The molecule has 2 rings (SSSR count). The van der Waals surface area contributed by atoms with Gasteiger partial charge in [-0.1, -0.05) is 6.92 Å². The molecule has 1 aliphatic rings. The summed E-state index contributed by atoms with van der Waals surface area (Å²) in [6.07, 6.45) is 6.57. The van der Waals surface area contributed by atoms with E-state index in [0.29, 0.717) is 6.10 Å². The van der Waals surface area contributed by atoms with E-state index in [-0.39, 0.29) is 0 Å². The van der Waals surface area contributed by atoms with E-state index in [1.54, 1.807) is 0 Å². The van der Waals surface area contributed by atoms with Crippen LogP contribution in [-0.2, 0) is 11.3 Å². The van der Waals surface area contributed by atoms with Gasteiger partial charge in [-0.05, 0) is 36.5 Å². The van der Waals surface area contributed by atoms with Gasteiger partial charge < -0.3 is 4.74 Å². The van der Waals surface area contributed by atoms with Gasteiger partial charge in [0.05, 0.1) is 12.7 Å². The van der Waals surface area contributed by atoms with E-state index in [1.165, 1.54) is 18.4 Å². The van der Waals surface area contributed by atoms with E-state index in [2.05, 4.69) is 11.9 Å². The molecule has 0 saturated heterocycles. The van der Waals surface area contributed by atoms with Gasteiger partial charge in [0, 0.05) is 12.4 Å². The van der Waals surface area contributed by atoms with Crippen LogP contribution in [0, 0.1) is 5.92 Å². The number of ether oxygens (including phenoxy) is 1. The van der Waals surface area contributed by atoms with Gasteiger partial charge in [0.15, 0.2) is 0 Å². The first-order chi connectivity index (χ1) is 6.34. The second-order valence-corrected chi connectivity index (χ2v) is 3.87. The lowest BCUT2D eigenvalue weighted by Crippen LogP contribution is -2.29. The normalized spacial score (nSPS) is 26.8. The van der Waals surface area contributed by atoms with Gasteiger partial charge in [0.25, 0.3) is 0 Å². The molecule has 1 aliphatic carbocycles. The standard InChI is InChI=1S/C11H15NO/c1-9-6-11(7-9)13-8-10-2-4-12-5-3-10/h2-5,9,11H,6-8H2,1H3/t9-,11-. The quantitative estimate of drug-likeness (QED) is 0.707. The number of nitrogens with zero attached hydrogens (tertiary/aromatic N) is 1. The zero-order chi connectivity index (χ0) is 9.10. The Morgan fingerprint density at radius 3 is 2.69 bits per heavy atom. The minimum atomic E-state index is 0.503. The largest absolute Gasteiger partial charge is 0.374 e. The molecular weight excluding hydrogens is 162 g/mol. The third-order valence-electron chi connectivity index (χ3n) is 2.57. The van der Waals surface area contributed by atoms with Crippen molar-refractivity contribution in [1.29, 1.82) is 0 Å². The molecule has 0 N–H and O–H groups in total. The predicted octanol–water partition coefficient (Wildman–Crippen LogP) is 2.40. The fourth-order valence-electron chi connectivity index (χ4n) is 1.66. The molecule has 0 spiro atoms. The maximum atomic E-state index is 5.71. The van der Waals surface area contributed by atoms with E-state index in [0.717, 1.165) is 12.5 Å². The highest BCUT2D eigenvalue weighted by molar-refractivity contribution is 5.08. The minimum Gasteiger partial charge on any atom is -0.374 e. The number of hydrogen-bond donors (Lipinski definition) is 0. The molecule has 0 aliphatic heterocycles. The number of hydrogen-bond acceptors (Lipinski definition) is 2. The summed E-state index contributed by atoms with van der Waals surface area (Å²) in [6, 6.07) is 4.00. The molecule has 0 bridgehead atoms. The summed E-state index contributed by atoms with van der Waals surface area (Å²) in [5, 5.41) is 0. The van der Waals surface area contributed by atoms with Crippen LogP contribution in [0.1, 0.15) is 25.3 Å². The molecule has 0 aromatic carbocycles. The van der Waals surface area contributed by atoms with E-state index >= 15 is 0 Å². The smallest absolute Gasteiger partial charge is 0.0721 e. The molecule has 0 radical (unpaired) electrons. The van der Waals surface area contributed by atoms with Crippen LogP contribution >= 0.6 is 0 Å². The maximum absolute atomic E-state index is 5.71. The van der Waals surface area contributed by atoms with Crippen molar-refractivity contribution in [1.82, 2.24) is 4.98 Å². The fourth-order valence-corrected chi connectivity index (χ4v) is 1.66. The van der Waals surface area contributed by atoms with Crippen LogP contribution in [0.4, 0.5) is 0 Å². The van der Waals surface area contributed by atoms with Crippen molar-refractivity contribution in [3.63, 3.8) is 0 Å². The Morgan fingerprint density at radius 1 is 1.38 bits per heavy atom. The van der Waals surface area contributed by atoms with Crippen molar-refractivity contribution in [2.45, 2.75) is 32.5 Å². The lowest BCUT2D eigenvalue weighted by Gasteiger charge is -2.32. The Balaban J connectivity index is 1.74. The summed E-state index contributed by atoms with van der Waals surface area (Å²) in [5.41, 5.74) is 1.22.